The standard InChI is InChI=1S/C18H19ClN4O/c1-4-7-23-12(2)8-14(13(23)3)9-15(10-20)18(24)22-17-6-5-16(19)11-21-17/h5-6,8-9,11H,4,7H2,1-3H3,(H,21,22,24)/b15-9+. The molecule has 0 bridgehead atoms. The smallest absolute Gasteiger partial charge is 0.267 e. The minimum Gasteiger partial charge on any atom is -0.349 e. The second-order valence-electron chi connectivity index (χ2n) is 5.46. The molecule has 0 spiro atoms. The third-order valence-corrected chi connectivity index (χ3v) is 3.92. The molecule has 1 N–H and O–H groups in total. The van der Waals surface area contributed by atoms with Gasteiger partial charge in [-0.2, -0.15) is 5.26 Å². The van der Waals surface area contributed by atoms with Gasteiger partial charge < -0.3 is 9.88 Å². The van der Waals surface area contributed by atoms with Crippen LogP contribution in [-0.2, 0) is 11.3 Å². The molecule has 6 heteroatoms. The molecular formula is C18H19ClN4O. The van der Waals surface area contributed by atoms with Crippen LogP contribution in [0.4, 0.5) is 5.82 Å². The summed E-state index contributed by atoms with van der Waals surface area (Å²) in [6.07, 6.45) is 4.07. The summed E-state index contributed by atoms with van der Waals surface area (Å²) in [6.45, 7) is 7.03. The predicted molar refractivity (Wildman–Crippen MR) is 95.7 cm³/mol. The molecule has 0 aliphatic rings. The van der Waals surface area contributed by atoms with E-state index in [0.717, 1.165) is 29.9 Å². The maximum atomic E-state index is 12.3. The van der Waals surface area contributed by atoms with Gasteiger partial charge in [0.25, 0.3) is 5.91 Å². The Kier molecular flexibility index (Phi) is 5.78. The van der Waals surface area contributed by atoms with Crippen molar-refractivity contribution in [3.63, 3.8) is 0 Å². The molecule has 0 aliphatic heterocycles. The average molecular weight is 343 g/mol. The zero-order chi connectivity index (χ0) is 17.7. The van der Waals surface area contributed by atoms with E-state index in [0.29, 0.717) is 10.8 Å². The number of nitriles is 1. The largest absolute Gasteiger partial charge is 0.349 e. The Labute approximate surface area is 146 Å². The predicted octanol–water partition coefficient (Wildman–Crippen LogP) is 4.11. The van der Waals surface area contributed by atoms with E-state index < -0.39 is 5.91 Å². The topological polar surface area (TPSA) is 70.7 Å². The fraction of sp³-hybridized carbons (Fsp3) is 0.278. The van der Waals surface area contributed by atoms with E-state index in [1.54, 1.807) is 18.2 Å². The molecule has 2 aromatic heterocycles. The molecular weight excluding hydrogens is 324 g/mol. The van der Waals surface area contributed by atoms with E-state index >= 15 is 0 Å². The summed E-state index contributed by atoms with van der Waals surface area (Å²) in [5, 5.41) is 12.4. The number of hydrogen-bond donors (Lipinski definition) is 1. The van der Waals surface area contributed by atoms with Crippen LogP contribution in [0.1, 0.15) is 30.3 Å². The number of carbonyl (C=O) groups excluding carboxylic acids is 1. The fourth-order valence-corrected chi connectivity index (χ4v) is 2.59. The highest BCUT2D eigenvalue weighted by atomic mass is 35.5. The number of nitrogens with zero attached hydrogens (tertiary/aromatic N) is 3. The quantitative estimate of drug-likeness (QED) is 0.656. The lowest BCUT2D eigenvalue weighted by Gasteiger charge is -2.07. The number of nitrogens with one attached hydrogen (secondary N) is 1. The third-order valence-electron chi connectivity index (χ3n) is 3.69. The van der Waals surface area contributed by atoms with Gasteiger partial charge in [-0.25, -0.2) is 4.98 Å². The van der Waals surface area contributed by atoms with Crippen molar-refractivity contribution in [3.8, 4) is 6.07 Å². The van der Waals surface area contributed by atoms with Crippen LogP contribution in [0.5, 0.6) is 0 Å². The number of aryl methyl sites for hydroxylation is 1. The molecule has 5 nitrogen and oxygen atoms in total. The SMILES string of the molecule is CCCn1c(C)cc(/C=C(\C#N)C(=O)Nc2ccc(Cl)cn2)c1C. The molecule has 0 saturated heterocycles. The fourth-order valence-electron chi connectivity index (χ4n) is 2.48. The van der Waals surface area contributed by atoms with Crippen molar-refractivity contribution in [2.45, 2.75) is 33.7 Å². The van der Waals surface area contributed by atoms with Crippen molar-refractivity contribution >= 4 is 29.4 Å². The van der Waals surface area contributed by atoms with Gasteiger partial charge in [-0.15, -0.1) is 0 Å². The summed E-state index contributed by atoms with van der Waals surface area (Å²) in [5.41, 5.74) is 3.05. The third kappa shape index (κ3) is 4.03. The van der Waals surface area contributed by atoms with Gasteiger partial charge in [0.05, 0.1) is 5.02 Å². The lowest BCUT2D eigenvalue weighted by atomic mass is 10.1. The Hall–Kier alpha value is -2.58. The van der Waals surface area contributed by atoms with Crippen LogP contribution in [0.25, 0.3) is 6.08 Å². The summed E-state index contributed by atoms with van der Waals surface area (Å²) in [7, 11) is 0. The number of carbonyl (C=O) groups is 1. The number of anilines is 1. The second kappa shape index (κ2) is 7.80. The van der Waals surface area contributed by atoms with Gasteiger partial charge in [0.15, 0.2) is 0 Å². The van der Waals surface area contributed by atoms with Gasteiger partial charge in [0.2, 0.25) is 0 Å². The Bertz CT molecular complexity index is 813. The summed E-state index contributed by atoms with van der Waals surface area (Å²) in [6, 6.07) is 7.15. The van der Waals surface area contributed by atoms with Gasteiger partial charge in [-0.05, 0) is 50.1 Å². The second-order valence-corrected chi connectivity index (χ2v) is 5.90. The molecule has 0 atom stereocenters. The van der Waals surface area contributed by atoms with Crippen molar-refractivity contribution in [1.29, 1.82) is 5.26 Å². The first-order valence-corrected chi connectivity index (χ1v) is 8.05. The average Bonchev–Trinajstić information content (AvgIpc) is 2.82. The number of rotatable bonds is 5. The van der Waals surface area contributed by atoms with Gasteiger partial charge in [-0.3, -0.25) is 4.79 Å². The lowest BCUT2D eigenvalue weighted by molar-refractivity contribution is -0.112. The molecule has 2 aromatic rings. The van der Waals surface area contributed by atoms with Gasteiger partial charge in [-0.1, -0.05) is 18.5 Å². The first kappa shape index (κ1) is 17.8. The van der Waals surface area contributed by atoms with Crippen molar-refractivity contribution in [3.05, 3.63) is 51.9 Å². The van der Waals surface area contributed by atoms with Crippen LogP contribution < -0.4 is 5.32 Å². The van der Waals surface area contributed by atoms with E-state index in [-0.39, 0.29) is 5.57 Å². The normalized spacial score (nSPS) is 11.2. The molecule has 0 radical (unpaired) electrons. The first-order valence-electron chi connectivity index (χ1n) is 7.67. The molecule has 0 fully saturated rings. The Balaban J connectivity index is 2.26. The molecule has 2 rings (SSSR count). The van der Waals surface area contributed by atoms with Crippen molar-refractivity contribution in [2.75, 3.05) is 5.32 Å². The Morgan fingerprint density at radius 1 is 1.46 bits per heavy atom. The van der Waals surface area contributed by atoms with Crippen LogP contribution in [0.15, 0.2) is 30.0 Å². The highest BCUT2D eigenvalue weighted by Crippen LogP contribution is 2.19. The molecule has 124 valence electrons. The van der Waals surface area contributed by atoms with E-state index in [4.69, 9.17) is 11.6 Å². The highest BCUT2D eigenvalue weighted by molar-refractivity contribution is 6.30. The number of halogens is 1. The Morgan fingerprint density at radius 2 is 2.21 bits per heavy atom. The van der Waals surface area contributed by atoms with E-state index in [1.165, 1.54) is 6.20 Å². The van der Waals surface area contributed by atoms with E-state index in [9.17, 15) is 10.1 Å². The molecule has 0 aromatic carbocycles. The zero-order valence-corrected chi connectivity index (χ0v) is 14.7. The molecule has 24 heavy (non-hydrogen) atoms. The van der Waals surface area contributed by atoms with Crippen LogP contribution in [0.2, 0.25) is 5.02 Å². The highest BCUT2D eigenvalue weighted by Gasteiger charge is 2.13. The van der Waals surface area contributed by atoms with E-state index in [2.05, 4.69) is 21.8 Å². The molecule has 2 heterocycles. The number of pyridine rings is 1. The van der Waals surface area contributed by atoms with Crippen molar-refractivity contribution in [1.82, 2.24) is 9.55 Å². The van der Waals surface area contributed by atoms with Crippen LogP contribution >= 0.6 is 11.6 Å². The molecule has 0 saturated carbocycles. The lowest BCUT2D eigenvalue weighted by Crippen LogP contribution is -2.14. The van der Waals surface area contributed by atoms with Gasteiger partial charge in [0, 0.05) is 24.1 Å². The number of hydrogen-bond acceptors (Lipinski definition) is 3. The summed E-state index contributed by atoms with van der Waals surface area (Å²) >= 11 is 5.76. The van der Waals surface area contributed by atoms with Gasteiger partial charge >= 0.3 is 0 Å². The van der Waals surface area contributed by atoms with Crippen molar-refractivity contribution < 1.29 is 4.79 Å². The maximum Gasteiger partial charge on any atom is 0.267 e. The zero-order valence-electron chi connectivity index (χ0n) is 13.9. The van der Waals surface area contributed by atoms with Crippen molar-refractivity contribution in [2.24, 2.45) is 0 Å². The maximum absolute atomic E-state index is 12.3. The molecule has 1 amide bonds. The summed E-state index contributed by atoms with van der Waals surface area (Å²) in [5.74, 6) is -0.144. The minimum atomic E-state index is -0.493. The summed E-state index contributed by atoms with van der Waals surface area (Å²) < 4.78 is 2.18. The minimum absolute atomic E-state index is 0.0310. The molecule has 0 unspecified atom stereocenters. The Morgan fingerprint density at radius 3 is 2.79 bits per heavy atom. The van der Waals surface area contributed by atoms with Crippen LogP contribution in [0, 0.1) is 25.2 Å². The first-order chi connectivity index (χ1) is 11.5. The van der Waals surface area contributed by atoms with Gasteiger partial charge in [0.1, 0.15) is 17.5 Å². The van der Waals surface area contributed by atoms with Crippen LogP contribution in [0.3, 0.4) is 0 Å². The number of aromatic nitrogens is 2. The summed E-state index contributed by atoms with van der Waals surface area (Å²) in [4.78, 5) is 16.3. The molecule has 0 aliphatic carbocycles. The van der Waals surface area contributed by atoms with E-state index in [1.807, 2.05) is 26.0 Å². The monoisotopic (exact) mass is 342 g/mol. The number of amides is 1. The van der Waals surface area contributed by atoms with Crippen LogP contribution in [-0.4, -0.2) is 15.5 Å².